The van der Waals surface area contributed by atoms with E-state index in [0.29, 0.717) is 18.7 Å². The highest BCUT2D eigenvalue weighted by atomic mass is 35.5. The van der Waals surface area contributed by atoms with Crippen LogP contribution in [-0.2, 0) is 19.6 Å². The van der Waals surface area contributed by atoms with Crippen molar-refractivity contribution < 1.29 is 4.79 Å². The Bertz CT molecular complexity index is 688. The van der Waals surface area contributed by atoms with E-state index in [0.717, 1.165) is 30.8 Å². The number of halogens is 1. The van der Waals surface area contributed by atoms with Gasteiger partial charge in [-0.3, -0.25) is 9.69 Å². The van der Waals surface area contributed by atoms with Crippen LogP contribution in [0.3, 0.4) is 0 Å². The van der Waals surface area contributed by atoms with Crippen LogP contribution in [0.4, 0.5) is 0 Å². The molecule has 1 amide bonds. The monoisotopic (exact) mass is 389 g/mol. The number of hydrogen-bond donors (Lipinski definition) is 2. The minimum Gasteiger partial charge on any atom is -0.348 e. The van der Waals surface area contributed by atoms with Crippen LogP contribution in [0.2, 0.25) is 0 Å². The fourth-order valence-corrected chi connectivity index (χ4v) is 2.90. The van der Waals surface area contributed by atoms with Gasteiger partial charge in [-0.05, 0) is 48.3 Å². The topological polar surface area (TPSA) is 58.4 Å². The molecule has 0 heterocycles. The lowest BCUT2D eigenvalue weighted by Gasteiger charge is -2.20. The molecule has 2 aromatic carbocycles. The molecule has 0 saturated heterocycles. The van der Waals surface area contributed by atoms with Crippen LogP contribution < -0.4 is 11.1 Å². The average molecular weight is 390 g/mol. The number of hydrogen-bond acceptors (Lipinski definition) is 3. The molecule has 0 radical (unpaired) electrons. The molecule has 0 aliphatic carbocycles. The van der Waals surface area contributed by atoms with Gasteiger partial charge in [-0.25, -0.2) is 0 Å². The maximum absolute atomic E-state index is 12.3. The SMILES string of the molecule is CCCCN(CC)Cc1cccc(CNC(=O)c2ccc(CN)cc2)c1.Cl. The Morgan fingerprint density at radius 1 is 1.04 bits per heavy atom. The van der Waals surface area contributed by atoms with Gasteiger partial charge in [0.1, 0.15) is 0 Å². The van der Waals surface area contributed by atoms with Gasteiger partial charge < -0.3 is 11.1 Å². The highest BCUT2D eigenvalue weighted by Gasteiger charge is 2.07. The van der Waals surface area contributed by atoms with Gasteiger partial charge in [0.25, 0.3) is 5.91 Å². The zero-order valence-electron chi connectivity index (χ0n) is 16.4. The lowest BCUT2D eigenvalue weighted by molar-refractivity contribution is 0.0951. The second-order valence-electron chi connectivity index (χ2n) is 6.63. The van der Waals surface area contributed by atoms with Gasteiger partial charge in [-0.2, -0.15) is 0 Å². The molecule has 3 N–H and O–H groups in total. The number of nitrogens with zero attached hydrogens (tertiary/aromatic N) is 1. The predicted molar refractivity (Wildman–Crippen MR) is 115 cm³/mol. The molecule has 4 nitrogen and oxygen atoms in total. The zero-order valence-corrected chi connectivity index (χ0v) is 17.2. The third-order valence-corrected chi connectivity index (χ3v) is 4.58. The number of amides is 1. The molecular weight excluding hydrogens is 358 g/mol. The van der Waals surface area contributed by atoms with Crippen LogP contribution >= 0.6 is 12.4 Å². The van der Waals surface area contributed by atoms with Crippen molar-refractivity contribution in [2.24, 2.45) is 5.73 Å². The predicted octanol–water partition coefficient (Wildman–Crippen LogP) is 4.12. The summed E-state index contributed by atoms with van der Waals surface area (Å²) in [5, 5.41) is 3.00. The molecule has 0 spiro atoms. The molecule has 0 atom stereocenters. The molecule has 0 unspecified atom stereocenters. The zero-order chi connectivity index (χ0) is 18.8. The molecule has 0 aromatic heterocycles. The van der Waals surface area contributed by atoms with Crippen molar-refractivity contribution in [2.45, 2.75) is 46.3 Å². The van der Waals surface area contributed by atoms with E-state index in [1.54, 1.807) is 0 Å². The average Bonchev–Trinajstić information content (AvgIpc) is 2.69. The van der Waals surface area contributed by atoms with E-state index in [1.165, 1.54) is 18.4 Å². The van der Waals surface area contributed by atoms with Crippen molar-refractivity contribution in [1.29, 1.82) is 0 Å². The number of nitrogens with one attached hydrogen (secondary N) is 1. The standard InChI is InChI=1S/C22H31N3O.ClH/c1-3-5-13-25(4-2)17-20-8-6-7-19(14-20)16-24-22(26)21-11-9-18(15-23)10-12-21;/h6-12,14H,3-5,13,15-17,23H2,1-2H3,(H,24,26);1H. The summed E-state index contributed by atoms with van der Waals surface area (Å²) in [4.78, 5) is 14.8. The summed E-state index contributed by atoms with van der Waals surface area (Å²) in [5.74, 6) is -0.0582. The van der Waals surface area contributed by atoms with E-state index in [1.807, 2.05) is 24.3 Å². The van der Waals surface area contributed by atoms with Gasteiger partial charge >= 0.3 is 0 Å². The summed E-state index contributed by atoms with van der Waals surface area (Å²) in [6, 6.07) is 15.9. The maximum Gasteiger partial charge on any atom is 0.251 e. The maximum atomic E-state index is 12.3. The van der Waals surface area contributed by atoms with Gasteiger partial charge in [0.15, 0.2) is 0 Å². The van der Waals surface area contributed by atoms with Crippen molar-refractivity contribution in [3.05, 3.63) is 70.8 Å². The summed E-state index contributed by atoms with van der Waals surface area (Å²) in [6.45, 7) is 8.59. The molecule has 0 aliphatic rings. The smallest absolute Gasteiger partial charge is 0.251 e. The second-order valence-corrected chi connectivity index (χ2v) is 6.63. The third-order valence-electron chi connectivity index (χ3n) is 4.58. The Morgan fingerprint density at radius 2 is 1.74 bits per heavy atom. The minimum atomic E-state index is -0.0582. The normalized spacial score (nSPS) is 10.5. The van der Waals surface area contributed by atoms with Gasteiger partial charge in [-0.1, -0.05) is 56.7 Å². The summed E-state index contributed by atoms with van der Waals surface area (Å²) < 4.78 is 0. The number of rotatable bonds is 10. The highest BCUT2D eigenvalue weighted by molar-refractivity contribution is 5.94. The molecular formula is C22H32ClN3O. The van der Waals surface area contributed by atoms with Crippen molar-refractivity contribution in [1.82, 2.24) is 10.2 Å². The Kier molecular flexibility index (Phi) is 10.7. The first-order chi connectivity index (χ1) is 12.7. The van der Waals surface area contributed by atoms with Crippen molar-refractivity contribution in [2.75, 3.05) is 13.1 Å². The van der Waals surface area contributed by atoms with Gasteiger partial charge in [-0.15, -0.1) is 12.4 Å². The lowest BCUT2D eigenvalue weighted by Crippen LogP contribution is -2.24. The number of nitrogens with two attached hydrogens (primary N) is 1. The molecule has 0 bridgehead atoms. The summed E-state index contributed by atoms with van der Waals surface area (Å²) in [7, 11) is 0. The molecule has 0 saturated carbocycles. The molecule has 2 aromatic rings. The molecule has 27 heavy (non-hydrogen) atoms. The Labute approximate surface area is 169 Å². The van der Waals surface area contributed by atoms with Gasteiger partial charge in [0, 0.05) is 25.2 Å². The number of carbonyl (C=O) groups excluding carboxylic acids is 1. The quantitative estimate of drug-likeness (QED) is 0.642. The van der Waals surface area contributed by atoms with Crippen LogP contribution in [0.25, 0.3) is 0 Å². The fraction of sp³-hybridized carbons (Fsp3) is 0.409. The second kappa shape index (κ2) is 12.5. The van der Waals surface area contributed by atoms with Crippen LogP contribution in [0.5, 0.6) is 0 Å². The minimum absolute atomic E-state index is 0. The Hall–Kier alpha value is -1.88. The molecule has 0 aliphatic heterocycles. The fourth-order valence-electron chi connectivity index (χ4n) is 2.90. The van der Waals surface area contributed by atoms with E-state index < -0.39 is 0 Å². The number of unbranched alkanes of at least 4 members (excludes halogenated alkanes) is 1. The van der Waals surface area contributed by atoms with Crippen molar-refractivity contribution in [3.63, 3.8) is 0 Å². The van der Waals surface area contributed by atoms with Crippen molar-refractivity contribution in [3.8, 4) is 0 Å². The summed E-state index contributed by atoms with van der Waals surface area (Å²) in [5.41, 5.74) is 9.70. The number of carbonyl (C=O) groups is 1. The van der Waals surface area contributed by atoms with Crippen molar-refractivity contribution >= 4 is 18.3 Å². The van der Waals surface area contributed by atoms with Gasteiger partial charge in [0.05, 0.1) is 0 Å². The van der Waals surface area contributed by atoms with Gasteiger partial charge in [0.2, 0.25) is 0 Å². The molecule has 5 heteroatoms. The summed E-state index contributed by atoms with van der Waals surface area (Å²) in [6.07, 6.45) is 2.45. The lowest BCUT2D eigenvalue weighted by atomic mass is 10.1. The molecule has 0 fully saturated rings. The highest BCUT2D eigenvalue weighted by Crippen LogP contribution is 2.10. The van der Waals surface area contributed by atoms with Crippen LogP contribution in [0.15, 0.2) is 48.5 Å². The summed E-state index contributed by atoms with van der Waals surface area (Å²) >= 11 is 0. The Morgan fingerprint density at radius 3 is 2.37 bits per heavy atom. The first-order valence-electron chi connectivity index (χ1n) is 9.53. The first-order valence-corrected chi connectivity index (χ1v) is 9.53. The molecule has 148 valence electrons. The van der Waals surface area contributed by atoms with E-state index in [4.69, 9.17) is 5.73 Å². The Balaban J connectivity index is 0.00000364. The van der Waals surface area contributed by atoms with E-state index in [9.17, 15) is 4.79 Å². The first kappa shape index (κ1) is 23.2. The van der Waals surface area contributed by atoms with Crippen LogP contribution in [0.1, 0.15) is 53.7 Å². The van der Waals surface area contributed by atoms with E-state index >= 15 is 0 Å². The largest absolute Gasteiger partial charge is 0.348 e. The van der Waals surface area contributed by atoms with E-state index in [2.05, 4.69) is 48.3 Å². The van der Waals surface area contributed by atoms with Crippen LogP contribution in [-0.4, -0.2) is 23.9 Å². The molecule has 2 rings (SSSR count). The van der Waals surface area contributed by atoms with Crippen LogP contribution in [0, 0.1) is 0 Å². The number of benzene rings is 2. The van der Waals surface area contributed by atoms with E-state index in [-0.39, 0.29) is 18.3 Å². The third kappa shape index (κ3) is 7.71.